The number of hydrogen-bond acceptors (Lipinski definition) is 6. The molecule has 0 fully saturated rings. The van der Waals surface area contributed by atoms with Crippen LogP contribution in [0.4, 0.5) is 5.69 Å². The third kappa shape index (κ3) is 5.48. The SMILES string of the molecule is COC(=O)c1cc(NC(=O)[C@@H](C)Oc2cc(C)c(Cl)c(C)c2)cc(C(=O)OC)c1. The van der Waals surface area contributed by atoms with E-state index in [9.17, 15) is 14.4 Å². The first-order valence-electron chi connectivity index (χ1n) is 8.72. The molecule has 154 valence electrons. The van der Waals surface area contributed by atoms with Gasteiger partial charge in [0.2, 0.25) is 0 Å². The monoisotopic (exact) mass is 419 g/mol. The third-order valence-electron chi connectivity index (χ3n) is 4.13. The zero-order valence-electron chi connectivity index (χ0n) is 16.8. The summed E-state index contributed by atoms with van der Waals surface area (Å²) < 4.78 is 15.1. The highest BCUT2D eigenvalue weighted by molar-refractivity contribution is 6.32. The molecule has 2 aromatic carbocycles. The number of carbonyl (C=O) groups excluding carboxylic acids is 3. The van der Waals surface area contributed by atoms with Crippen LogP contribution in [-0.4, -0.2) is 38.2 Å². The third-order valence-corrected chi connectivity index (χ3v) is 4.73. The van der Waals surface area contributed by atoms with Gasteiger partial charge in [0.1, 0.15) is 5.75 Å². The molecule has 0 aliphatic carbocycles. The van der Waals surface area contributed by atoms with Crippen LogP contribution in [0.1, 0.15) is 38.8 Å². The fraction of sp³-hybridized carbons (Fsp3) is 0.286. The van der Waals surface area contributed by atoms with Crippen molar-refractivity contribution in [3.8, 4) is 5.75 Å². The standard InChI is InChI=1S/C21H22ClNO6/c1-11-6-17(7-12(2)18(11)22)29-13(3)19(24)23-16-9-14(20(25)27-4)8-15(10-16)21(26)28-5/h6-10,13H,1-5H3,(H,23,24)/t13-/m1/s1. The number of carbonyl (C=O) groups is 3. The second kappa shape index (κ2) is 9.43. The van der Waals surface area contributed by atoms with E-state index >= 15 is 0 Å². The molecule has 7 nitrogen and oxygen atoms in total. The van der Waals surface area contributed by atoms with Crippen LogP contribution < -0.4 is 10.1 Å². The molecular weight excluding hydrogens is 398 g/mol. The van der Waals surface area contributed by atoms with Gasteiger partial charge in [-0.15, -0.1) is 0 Å². The Morgan fingerprint density at radius 2 is 1.38 bits per heavy atom. The number of aryl methyl sites for hydroxylation is 2. The molecule has 1 N–H and O–H groups in total. The van der Waals surface area contributed by atoms with E-state index in [0.29, 0.717) is 10.8 Å². The van der Waals surface area contributed by atoms with Crippen LogP contribution in [0.5, 0.6) is 5.75 Å². The quantitative estimate of drug-likeness (QED) is 0.713. The van der Waals surface area contributed by atoms with Gasteiger partial charge in [-0.25, -0.2) is 9.59 Å². The zero-order valence-corrected chi connectivity index (χ0v) is 17.5. The van der Waals surface area contributed by atoms with E-state index in [-0.39, 0.29) is 16.8 Å². The number of hydrogen-bond donors (Lipinski definition) is 1. The smallest absolute Gasteiger partial charge is 0.337 e. The van der Waals surface area contributed by atoms with Gasteiger partial charge >= 0.3 is 11.9 Å². The molecule has 1 atom stereocenters. The molecule has 2 rings (SSSR count). The maximum absolute atomic E-state index is 12.6. The molecule has 2 aromatic rings. The van der Waals surface area contributed by atoms with Crippen molar-refractivity contribution in [2.45, 2.75) is 26.9 Å². The van der Waals surface area contributed by atoms with Gasteiger partial charge in [-0.2, -0.15) is 0 Å². The lowest BCUT2D eigenvalue weighted by molar-refractivity contribution is -0.122. The van der Waals surface area contributed by atoms with Crippen molar-refractivity contribution in [2.75, 3.05) is 19.5 Å². The van der Waals surface area contributed by atoms with Gasteiger partial charge in [0.05, 0.1) is 25.3 Å². The Hall–Kier alpha value is -3.06. The van der Waals surface area contributed by atoms with E-state index in [4.69, 9.17) is 16.3 Å². The summed E-state index contributed by atoms with van der Waals surface area (Å²) >= 11 is 6.15. The summed E-state index contributed by atoms with van der Waals surface area (Å²) in [5.41, 5.74) is 2.11. The molecule has 0 saturated carbocycles. The van der Waals surface area contributed by atoms with Crippen LogP contribution in [0, 0.1) is 13.8 Å². The first-order valence-corrected chi connectivity index (χ1v) is 9.10. The lowest BCUT2D eigenvalue weighted by Gasteiger charge is -2.17. The molecule has 0 saturated heterocycles. The minimum Gasteiger partial charge on any atom is -0.481 e. The van der Waals surface area contributed by atoms with E-state index in [0.717, 1.165) is 11.1 Å². The Bertz CT molecular complexity index is 899. The number of esters is 2. The molecule has 0 spiro atoms. The van der Waals surface area contributed by atoms with Crippen LogP contribution in [-0.2, 0) is 14.3 Å². The fourth-order valence-electron chi connectivity index (χ4n) is 2.65. The molecule has 8 heteroatoms. The second-order valence-electron chi connectivity index (χ2n) is 6.40. The number of amides is 1. The highest BCUT2D eigenvalue weighted by Crippen LogP contribution is 2.26. The number of methoxy groups -OCH3 is 2. The van der Waals surface area contributed by atoms with Gasteiger partial charge in [-0.3, -0.25) is 4.79 Å². The van der Waals surface area contributed by atoms with Gasteiger partial charge in [-0.1, -0.05) is 11.6 Å². The van der Waals surface area contributed by atoms with Crippen LogP contribution in [0.3, 0.4) is 0 Å². The van der Waals surface area contributed by atoms with Gasteiger partial charge in [0, 0.05) is 10.7 Å². The Balaban J connectivity index is 2.22. The molecule has 0 heterocycles. The fourth-order valence-corrected chi connectivity index (χ4v) is 2.76. The molecule has 0 unspecified atom stereocenters. The zero-order chi connectivity index (χ0) is 21.7. The first kappa shape index (κ1) is 22.2. The molecule has 0 aliphatic heterocycles. The van der Waals surface area contributed by atoms with E-state index < -0.39 is 23.9 Å². The molecule has 0 aliphatic rings. The van der Waals surface area contributed by atoms with Crippen molar-refractivity contribution >= 4 is 35.1 Å². The number of anilines is 1. The molecule has 1 amide bonds. The number of ether oxygens (including phenoxy) is 3. The maximum Gasteiger partial charge on any atom is 0.337 e. The highest BCUT2D eigenvalue weighted by atomic mass is 35.5. The summed E-state index contributed by atoms with van der Waals surface area (Å²) in [6.07, 6.45) is -0.849. The van der Waals surface area contributed by atoms with E-state index in [1.54, 1.807) is 19.1 Å². The van der Waals surface area contributed by atoms with Crippen molar-refractivity contribution in [1.29, 1.82) is 0 Å². The van der Waals surface area contributed by atoms with Crippen molar-refractivity contribution in [1.82, 2.24) is 0 Å². The van der Waals surface area contributed by atoms with Gasteiger partial charge in [0.15, 0.2) is 6.10 Å². The van der Waals surface area contributed by atoms with Crippen molar-refractivity contribution in [3.63, 3.8) is 0 Å². The second-order valence-corrected chi connectivity index (χ2v) is 6.78. The molecular formula is C21H22ClNO6. The van der Waals surface area contributed by atoms with Crippen LogP contribution in [0.25, 0.3) is 0 Å². The summed E-state index contributed by atoms with van der Waals surface area (Å²) in [5, 5.41) is 3.28. The summed E-state index contributed by atoms with van der Waals surface area (Å²) in [6.45, 7) is 5.28. The Labute approximate surface area is 173 Å². The van der Waals surface area contributed by atoms with E-state index in [1.807, 2.05) is 13.8 Å². The average molecular weight is 420 g/mol. The highest BCUT2D eigenvalue weighted by Gasteiger charge is 2.19. The van der Waals surface area contributed by atoms with Crippen LogP contribution >= 0.6 is 11.6 Å². The van der Waals surface area contributed by atoms with Crippen molar-refractivity contribution in [3.05, 3.63) is 57.6 Å². The van der Waals surface area contributed by atoms with Crippen molar-refractivity contribution in [2.24, 2.45) is 0 Å². The van der Waals surface area contributed by atoms with Crippen molar-refractivity contribution < 1.29 is 28.6 Å². The predicted octanol–water partition coefficient (Wildman–Crippen LogP) is 3.94. The number of halogens is 1. The summed E-state index contributed by atoms with van der Waals surface area (Å²) in [7, 11) is 2.44. The normalized spacial score (nSPS) is 11.4. The van der Waals surface area contributed by atoms with Crippen LogP contribution in [0.2, 0.25) is 5.02 Å². The number of nitrogens with one attached hydrogen (secondary N) is 1. The number of benzene rings is 2. The van der Waals surface area contributed by atoms with Gasteiger partial charge in [-0.05, 0) is 62.2 Å². The minimum absolute atomic E-state index is 0.100. The van der Waals surface area contributed by atoms with E-state index in [2.05, 4.69) is 14.8 Å². The molecule has 0 radical (unpaired) electrons. The van der Waals surface area contributed by atoms with E-state index in [1.165, 1.54) is 32.4 Å². The summed E-state index contributed by atoms with van der Waals surface area (Å²) in [4.78, 5) is 36.3. The topological polar surface area (TPSA) is 90.9 Å². The largest absolute Gasteiger partial charge is 0.481 e. The Morgan fingerprint density at radius 3 is 1.83 bits per heavy atom. The summed E-state index contributed by atoms with van der Waals surface area (Å²) in [5.74, 6) is -1.26. The van der Waals surface area contributed by atoms with Gasteiger partial charge < -0.3 is 19.5 Å². The Morgan fingerprint density at radius 1 is 0.897 bits per heavy atom. The summed E-state index contributed by atoms with van der Waals surface area (Å²) in [6, 6.07) is 7.62. The molecule has 29 heavy (non-hydrogen) atoms. The van der Waals surface area contributed by atoms with Gasteiger partial charge in [0.25, 0.3) is 5.91 Å². The molecule has 0 bridgehead atoms. The Kier molecular flexibility index (Phi) is 7.23. The number of rotatable bonds is 6. The predicted molar refractivity (Wildman–Crippen MR) is 109 cm³/mol. The molecule has 0 aromatic heterocycles. The maximum atomic E-state index is 12.6. The average Bonchev–Trinajstić information content (AvgIpc) is 2.70. The van der Waals surface area contributed by atoms with Crippen LogP contribution in [0.15, 0.2) is 30.3 Å². The lowest BCUT2D eigenvalue weighted by atomic mass is 10.1. The lowest BCUT2D eigenvalue weighted by Crippen LogP contribution is -2.30. The first-order chi connectivity index (χ1) is 13.7. The minimum atomic E-state index is -0.849.